The van der Waals surface area contributed by atoms with E-state index in [1.54, 1.807) is 14.2 Å². The van der Waals surface area contributed by atoms with Crippen molar-refractivity contribution in [2.24, 2.45) is 5.84 Å². The maximum atomic E-state index is 5.16. The zero-order valence-corrected chi connectivity index (χ0v) is 8.33. The van der Waals surface area contributed by atoms with E-state index in [2.05, 4.69) is 10.7 Å². The highest BCUT2D eigenvalue weighted by Gasteiger charge is 2.03. The molecule has 0 aliphatic rings. The van der Waals surface area contributed by atoms with E-state index in [4.69, 9.17) is 15.3 Å². The first-order valence-electron chi connectivity index (χ1n) is 4.21. The minimum absolute atomic E-state index is 0.462. The third-order valence-electron chi connectivity index (χ3n) is 1.79. The van der Waals surface area contributed by atoms with Crippen molar-refractivity contribution in [1.29, 1.82) is 0 Å². The van der Waals surface area contributed by atoms with Crippen molar-refractivity contribution >= 4 is 5.69 Å². The summed E-state index contributed by atoms with van der Waals surface area (Å²) >= 11 is 0. The van der Waals surface area contributed by atoms with Crippen LogP contribution in [0, 0.1) is 0 Å². The molecule has 1 aromatic rings. The van der Waals surface area contributed by atoms with Gasteiger partial charge < -0.3 is 14.8 Å². The highest BCUT2D eigenvalue weighted by Crippen LogP contribution is 2.28. The molecule has 78 valence electrons. The summed E-state index contributed by atoms with van der Waals surface area (Å²) < 4.78 is 10.2. The first kappa shape index (κ1) is 10.6. The number of hydrazine groups is 1. The van der Waals surface area contributed by atoms with Crippen LogP contribution in [-0.4, -0.2) is 20.9 Å². The van der Waals surface area contributed by atoms with Crippen LogP contribution in [0.3, 0.4) is 0 Å². The predicted octanol–water partition coefficient (Wildman–Crippen LogP) is 0.536. The van der Waals surface area contributed by atoms with Crippen LogP contribution in [0.15, 0.2) is 18.2 Å². The molecular weight excluding hydrogens is 182 g/mol. The highest BCUT2D eigenvalue weighted by molar-refractivity contribution is 5.59. The van der Waals surface area contributed by atoms with E-state index >= 15 is 0 Å². The summed E-state index contributed by atoms with van der Waals surface area (Å²) in [5, 5.41) is 3.05. The van der Waals surface area contributed by atoms with Crippen LogP contribution in [0.4, 0.5) is 5.69 Å². The van der Waals surface area contributed by atoms with Gasteiger partial charge in [-0.25, -0.2) is 5.43 Å². The lowest BCUT2D eigenvalue weighted by Gasteiger charge is -2.11. The first-order chi connectivity index (χ1) is 6.81. The number of benzene rings is 1. The van der Waals surface area contributed by atoms with Crippen LogP contribution in [0.1, 0.15) is 0 Å². The van der Waals surface area contributed by atoms with E-state index in [9.17, 15) is 0 Å². The summed E-state index contributed by atoms with van der Waals surface area (Å²) in [4.78, 5) is 0. The molecule has 0 bridgehead atoms. The van der Waals surface area contributed by atoms with Gasteiger partial charge in [0.1, 0.15) is 11.5 Å². The molecule has 1 rings (SSSR count). The molecule has 0 atom stereocenters. The topological polar surface area (TPSA) is 68.5 Å². The summed E-state index contributed by atoms with van der Waals surface area (Å²) in [6.07, 6.45) is 0. The number of anilines is 1. The largest absolute Gasteiger partial charge is 0.497 e. The fourth-order valence-corrected chi connectivity index (χ4v) is 1.10. The number of ether oxygens (including phenoxy) is 2. The Morgan fingerprint density at radius 3 is 2.64 bits per heavy atom. The zero-order valence-electron chi connectivity index (χ0n) is 8.33. The number of rotatable bonds is 5. The Balaban J connectivity index is 2.84. The first-order valence-corrected chi connectivity index (χ1v) is 4.21. The van der Waals surface area contributed by atoms with Gasteiger partial charge in [-0.05, 0) is 12.1 Å². The molecule has 0 amide bonds. The van der Waals surface area contributed by atoms with Gasteiger partial charge in [-0.2, -0.15) is 0 Å². The second-order valence-electron chi connectivity index (χ2n) is 2.62. The Hall–Kier alpha value is -1.46. The Morgan fingerprint density at radius 1 is 1.29 bits per heavy atom. The fraction of sp³-hybridized carbons (Fsp3) is 0.333. The predicted molar refractivity (Wildman–Crippen MR) is 55.4 cm³/mol. The number of methoxy groups -OCH3 is 2. The van der Waals surface area contributed by atoms with Crippen LogP contribution in [0.25, 0.3) is 0 Å². The molecule has 0 unspecified atom stereocenters. The van der Waals surface area contributed by atoms with Crippen molar-refractivity contribution in [2.45, 2.75) is 0 Å². The molecule has 0 saturated heterocycles. The van der Waals surface area contributed by atoms with Crippen molar-refractivity contribution in [1.82, 2.24) is 5.43 Å². The van der Waals surface area contributed by atoms with Gasteiger partial charge in [0.05, 0.1) is 26.6 Å². The standard InChI is InChI=1S/C9H15N3O2/c1-13-7-3-4-9(14-2)8(5-7)11-6-12-10/h3-5,11-12H,6,10H2,1-2H3. The Kier molecular flexibility index (Phi) is 4.03. The maximum absolute atomic E-state index is 5.16. The second kappa shape index (κ2) is 5.31. The Labute approximate surface area is 83.2 Å². The Morgan fingerprint density at radius 2 is 2.07 bits per heavy atom. The molecule has 0 saturated carbocycles. The molecule has 0 aromatic heterocycles. The molecule has 0 aliphatic carbocycles. The molecule has 5 nitrogen and oxygen atoms in total. The second-order valence-corrected chi connectivity index (χ2v) is 2.62. The van der Waals surface area contributed by atoms with E-state index < -0.39 is 0 Å². The Bertz CT molecular complexity index is 291. The number of hydrogen-bond acceptors (Lipinski definition) is 5. The number of hydrogen-bond donors (Lipinski definition) is 3. The smallest absolute Gasteiger partial charge is 0.142 e. The molecule has 0 radical (unpaired) electrons. The van der Waals surface area contributed by atoms with Crippen LogP contribution in [0.2, 0.25) is 0 Å². The van der Waals surface area contributed by atoms with Crippen molar-refractivity contribution in [3.63, 3.8) is 0 Å². The van der Waals surface area contributed by atoms with Crippen LogP contribution < -0.4 is 26.1 Å². The third kappa shape index (κ3) is 2.51. The monoisotopic (exact) mass is 197 g/mol. The summed E-state index contributed by atoms with van der Waals surface area (Å²) in [5.41, 5.74) is 3.34. The molecule has 5 heteroatoms. The molecule has 0 spiro atoms. The average Bonchev–Trinajstić information content (AvgIpc) is 2.25. The zero-order chi connectivity index (χ0) is 10.4. The van der Waals surface area contributed by atoms with E-state index in [1.165, 1.54) is 0 Å². The van der Waals surface area contributed by atoms with E-state index in [0.717, 1.165) is 17.2 Å². The molecular formula is C9H15N3O2. The van der Waals surface area contributed by atoms with Gasteiger partial charge in [0, 0.05) is 6.07 Å². The van der Waals surface area contributed by atoms with Gasteiger partial charge in [0.2, 0.25) is 0 Å². The summed E-state index contributed by atoms with van der Waals surface area (Å²) in [7, 11) is 3.23. The summed E-state index contributed by atoms with van der Waals surface area (Å²) in [6, 6.07) is 5.51. The molecule has 0 fully saturated rings. The van der Waals surface area contributed by atoms with Crippen LogP contribution in [-0.2, 0) is 0 Å². The molecule has 0 heterocycles. The van der Waals surface area contributed by atoms with Gasteiger partial charge in [-0.15, -0.1) is 0 Å². The lowest BCUT2D eigenvalue weighted by molar-refractivity contribution is 0.404. The maximum Gasteiger partial charge on any atom is 0.142 e. The molecule has 0 aliphatic heterocycles. The minimum atomic E-state index is 0.462. The lowest BCUT2D eigenvalue weighted by atomic mass is 10.2. The summed E-state index contributed by atoms with van der Waals surface area (Å²) in [5.74, 6) is 6.67. The highest BCUT2D eigenvalue weighted by atomic mass is 16.5. The number of nitrogens with one attached hydrogen (secondary N) is 2. The fourth-order valence-electron chi connectivity index (χ4n) is 1.10. The molecule has 1 aromatic carbocycles. The molecule has 4 N–H and O–H groups in total. The lowest BCUT2D eigenvalue weighted by Crippen LogP contribution is -2.28. The van der Waals surface area contributed by atoms with E-state index in [0.29, 0.717) is 6.67 Å². The van der Waals surface area contributed by atoms with Crippen LogP contribution >= 0.6 is 0 Å². The van der Waals surface area contributed by atoms with E-state index in [1.807, 2.05) is 18.2 Å². The average molecular weight is 197 g/mol. The quantitative estimate of drug-likeness (QED) is 0.365. The van der Waals surface area contributed by atoms with Crippen molar-refractivity contribution in [2.75, 3.05) is 26.2 Å². The van der Waals surface area contributed by atoms with Crippen molar-refractivity contribution in [3.05, 3.63) is 18.2 Å². The minimum Gasteiger partial charge on any atom is -0.497 e. The van der Waals surface area contributed by atoms with Gasteiger partial charge in [0.25, 0.3) is 0 Å². The van der Waals surface area contributed by atoms with Gasteiger partial charge in [-0.1, -0.05) is 0 Å². The van der Waals surface area contributed by atoms with Gasteiger partial charge in [0.15, 0.2) is 0 Å². The van der Waals surface area contributed by atoms with E-state index in [-0.39, 0.29) is 0 Å². The van der Waals surface area contributed by atoms with Crippen molar-refractivity contribution < 1.29 is 9.47 Å². The SMILES string of the molecule is COc1ccc(OC)c(NCNN)c1. The summed E-state index contributed by atoms with van der Waals surface area (Å²) in [6.45, 7) is 0.462. The normalized spacial score (nSPS) is 9.64. The van der Waals surface area contributed by atoms with Crippen molar-refractivity contribution in [3.8, 4) is 11.5 Å². The molecule has 14 heavy (non-hydrogen) atoms. The van der Waals surface area contributed by atoms with Gasteiger partial charge in [-0.3, -0.25) is 5.84 Å². The number of nitrogens with two attached hydrogens (primary N) is 1. The van der Waals surface area contributed by atoms with Gasteiger partial charge >= 0.3 is 0 Å². The third-order valence-corrected chi connectivity index (χ3v) is 1.79. The van der Waals surface area contributed by atoms with Crippen LogP contribution in [0.5, 0.6) is 11.5 Å².